The van der Waals surface area contributed by atoms with Gasteiger partial charge in [-0.3, -0.25) is 0 Å². The largest absolute Gasteiger partial charge is 0.481 e. The van der Waals surface area contributed by atoms with Gasteiger partial charge in [0.15, 0.2) is 0 Å². The van der Waals surface area contributed by atoms with Crippen molar-refractivity contribution in [2.75, 3.05) is 19.5 Å². The molecule has 0 aliphatic carbocycles. The maximum atomic E-state index is 12.4. The standard InChI is InChI=1S/C16H23N5O3/c1-10(2)13(14-17-8-9-21(14)3)20-16(22)18-11-6-7-12(23-4)19-15(11)24-5/h6-10,13H,1-5H3,(H2,18,20,22)/t13-/m1/s1. The van der Waals surface area contributed by atoms with Gasteiger partial charge in [-0.15, -0.1) is 0 Å². The first-order valence-corrected chi connectivity index (χ1v) is 7.60. The Balaban J connectivity index is 2.13. The highest BCUT2D eigenvalue weighted by molar-refractivity contribution is 5.90. The molecule has 2 rings (SSSR count). The van der Waals surface area contributed by atoms with Crippen LogP contribution in [0.2, 0.25) is 0 Å². The molecule has 0 saturated carbocycles. The van der Waals surface area contributed by atoms with Crippen LogP contribution in [0.4, 0.5) is 10.5 Å². The molecule has 24 heavy (non-hydrogen) atoms. The molecule has 2 aromatic heterocycles. The highest BCUT2D eigenvalue weighted by Crippen LogP contribution is 2.25. The van der Waals surface area contributed by atoms with Crippen molar-refractivity contribution < 1.29 is 14.3 Å². The van der Waals surface area contributed by atoms with E-state index in [4.69, 9.17) is 9.47 Å². The third-order valence-electron chi connectivity index (χ3n) is 3.58. The molecule has 2 amide bonds. The molecule has 0 fully saturated rings. The van der Waals surface area contributed by atoms with Gasteiger partial charge in [-0.2, -0.15) is 4.98 Å². The summed E-state index contributed by atoms with van der Waals surface area (Å²) < 4.78 is 12.1. The zero-order chi connectivity index (χ0) is 17.7. The lowest BCUT2D eigenvalue weighted by molar-refractivity contribution is 0.243. The van der Waals surface area contributed by atoms with Gasteiger partial charge < -0.3 is 24.7 Å². The van der Waals surface area contributed by atoms with Crippen LogP contribution in [-0.2, 0) is 7.05 Å². The summed E-state index contributed by atoms with van der Waals surface area (Å²) in [5, 5.41) is 5.69. The van der Waals surface area contributed by atoms with Crippen LogP contribution in [0.5, 0.6) is 11.8 Å². The SMILES string of the molecule is COc1ccc(NC(=O)N[C@@H](c2nccn2C)C(C)C)c(OC)n1. The number of hydrogen-bond donors (Lipinski definition) is 2. The van der Waals surface area contributed by atoms with Crippen LogP contribution >= 0.6 is 0 Å². The molecule has 0 aliphatic rings. The van der Waals surface area contributed by atoms with Gasteiger partial charge in [0.25, 0.3) is 0 Å². The number of aryl methyl sites for hydroxylation is 1. The summed E-state index contributed by atoms with van der Waals surface area (Å²) in [6, 6.07) is 2.75. The fraction of sp³-hybridized carbons (Fsp3) is 0.438. The minimum atomic E-state index is -0.359. The maximum Gasteiger partial charge on any atom is 0.319 e. The second-order valence-electron chi connectivity index (χ2n) is 5.63. The van der Waals surface area contributed by atoms with Crippen LogP contribution < -0.4 is 20.1 Å². The molecule has 2 heterocycles. The van der Waals surface area contributed by atoms with Crippen molar-refractivity contribution >= 4 is 11.7 Å². The lowest BCUT2D eigenvalue weighted by atomic mass is 10.0. The predicted octanol–water partition coefficient (Wildman–Crippen LogP) is 2.35. The van der Waals surface area contributed by atoms with Gasteiger partial charge in [-0.05, 0) is 12.0 Å². The van der Waals surface area contributed by atoms with Gasteiger partial charge in [0.05, 0.1) is 20.3 Å². The molecule has 0 radical (unpaired) electrons. The van der Waals surface area contributed by atoms with E-state index in [0.717, 1.165) is 5.82 Å². The van der Waals surface area contributed by atoms with E-state index >= 15 is 0 Å². The molecule has 0 spiro atoms. The molecule has 0 aliphatic heterocycles. The van der Waals surface area contributed by atoms with Crippen LogP contribution in [0.1, 0.15) is 25.7 Å². The Hall–Kier alpha value is -2.77. The molecule has 1 atom stereocenters. The lowest BCUT2D eigenvalue weighted by Gasteiger charge is -2.22. The van der Waals surface area contributed by atoms with Crippen molar-refractivity contribution in [3.8, 4) is 11.8 Å². The number of hydrogen-bond acceptors (Lipinski definition) is 5. The van der Waals surface area contributed by atoms with Crippen LogP contribution in [0, 0.1) is 5.92 Å². The van der Waals surface area contributed by atoms with Crippen LogP contribution in [0.25, 0.3) is 0 Å². The van der Waals surface area contributed by atoms with Crippen molar-refractivity contribution in [2.45, 2.75) is 19.9 Å². The Labute approximate surface area is 141 Å². The smallest absolute Gasteiger partial charge is 0.319 e. The molecule has 0 saturated heterocycles. The number of pyridine rings is 1. The Bertz CT molecular complexity index is 699. The maximum absolute atomic E-state index is 12.4. The molecule has 0 aromatic carbocycles. The van der Waals surface area contributed by atoms with Gasteiger partial charge in [0, 0.05) is 25.5 Å². The first-order valence-electron chi connectivity index (χ1n) is 7.60. The highest BCUT2D eigenvalue weighted by atomic mass is 16.5. The van der Waals surface area contributed by atoms with Crippen molar-refractivity contribution in [1.29, 1.82) is 0 Å². The third kappa shape index (κ3) is 3.95. The Morgan fingerprint density at radius 2 is 2.00 bits per heavy atom. The fourth-order valence-corrected chi connectivity index (χ4v) is 2.29. The molecule has 2 aromatic rings. The number of nitrogens with zero attached hydrogens (tertiary/aromatic N) is 3. The number of carbonyl (C=O) groups is 1. The summed E-state index contributed by atoms with van der Waals surface area (Å²) >= 11 is 0. The number of ether oxygens (including phenoxy) is 2. The number of aromatic nitrogens is 3. The second-order valence-corrected chi connectivity index (χ2v) is 5.63. The first kappa shape index (κ1) is 17.6. The number of methoxy groups -OCH3 is 2. The van der Waals surface area contributed by atoms with E-state index in [1.807, 2.05) is 31.7 Å². The number of rotatable bonds is 6. The Morgan fingerprint density at radius 3 is 2.54 bits per heavy atom. The average molecular weight is 333 g/mol. The van der Waals surface area contributed by atoms with Gasteiger partial charge in [0.2, 0.25) is 11.8 Å². The predicted molar refractivity (Wildman–Crippen MR) is 90.3 cm³/mol. The Morgan fingerprint density at radius 1 is 1.25 bits per heavy atom. The molecule has 2 N–H and O–H groups in total. The number of carbonyl (C=O) groups excluding carboxylic acids is 1. The number of anilines is 1. The van der Waals surface area contributed by atoms with E-state index in [1.165, 1.54) is 14.2 Å². The molecule has 0 unspecified atom stereocenters. The van der Waals surface area contributed by atoms with Gasteiger partial charge in [-0.1, -0.05) is 13.8 Å². The van der Waals surface area contributed by atoms with Crippen LogP contribution in [-0.4, -0.2) is 34.8 Å². The van der Waals surface area contributed by atoms with Crippen molar-refractivity contribution in [2.24, 2.45) is 13.0 Å². The van der Waals surface area contributed by atoms with E-state index in [1.54, 1.807) is 18.3 Å². The summed E-state index contributed by atoms with van der Waals surface area (Å²) in [4.78, 5) is 20.8. The summed E-state index contributed by atoms with van der Waals surface area (Å²) in [6.45, 7) is 4.05. The fourth-order valence-electron chi connectivity index (χ4n) is 2.29. The van der Waals surface area contributed by atoms with Crippen LogP contribution in [0.15, 0.2) is 24.5 Å². The van der Waals surface area contributed by atoms with E-state index in [2.05, 4.69) is 20.6 Å². The zero-order valence-corrected chi connectivity index (χ0v) is 14.5. The zero-order valence-electron chi connectivity index (χ0n) is 14.5. The average Bonchev–Trinajstić information content (AvgIpc) is 2.98. The minimum Gasteiger partial charge on any atom is -0.481 e. The molecular formula is C16H23N5O3. The summed E-state index contributed by atoms with van der Waals surface area (Å²) in [6.07, 6.45) is 3.56. The first-order chi connectivity index (χ1) is 11.5. The molecule has 130 valence electrons. The summed E-state index contributed by atoms with van der Waals surface area (Å²) in [7, 11) is 4.89. The van der Waals surface area contributed by atoms with Crippen molar-refractivity contribution in [3.05, 3.63) is 30.4 Å². The molecule has 8 heteroatoms. The molecule has 0 bridgehead atoms. The third-order valence-corrected chi connectivity index (χ3v) is 3.58. The minimum absolute atomic E-state index is 0.174. The molecule has 8 nitrogen and oxygen atoms in total. The summed E-state index contributed by atoms with van der Waals surface area (Å²) in [5.41, 5.74) is 0.457. The van der Waals surface area contributed by atoms with Gasteiger partial charge >= 0.3 is 6.03 Å². The number of urea groups is 1. The molecular weight excluding hydrogens is 310 g/mol. The van der Waals surface area contributed by atoms with E-state index < -0.39 is 0 Å². The second kappa shape index (κ2) is 7.67. The van der Waals surface area contributed by atoms with E-state index in [0.29, 0.717) is 11.6 Å². The number of nitrogens with one attached hydrogen (secondary N) is 2. The van der Waals surface area contributed by atoms with E-state index in [9.17, 15) is 4.79 Å². The normalized spacial score (nSPS) is 11.9. The van der Waals surface area contributed by atoms with E-state index in [-0.39, 0.29) is 23.9 Å². The quantitative estimate of drug-likeness (QED) is 0.847. The number of imidazole rings is 1. The van der Waals surface area contributed by atoms with Crippen molar-refractivity contribution in [1.82, 2.24) is 19.9 Å². The number of amides is 2. The topological polar surface area (TPSA) is 90.3 Å². The Kier molecular flexibility index (Phi) is 5.62. The van der Waals surface area contributed by atoms with Crippen molar-refractivity contribution in [3.63, 3.8) is 0 Å². The van der Waals surface area contributed by atoms with Crippen LogP contribution in [0.3, 0.4) is 0 Å². The van der Waals surface area contributed by atoms with Gasteiger partial charge in [-0.25, -0.2) is 9.78 Å². The van der Waals surface area contributed by atoms with Gasteiger partial charge in [0.1, 0.15) is 11.5 Å². The summed E-state index contributed by atoms with van der Waals surface area (Å²) in [5.74, 6) is 1.65. The monoisotopic (exact) mass is 333 g/mol. The lowest BCUT2D eigenvalue weighted by Crippen LogP contribution is -2.36. The highest BCUT2D eigenvalue weighted by Gasteiger charge is 2.22.